The van der Waals surface area contributed by atoms with E-state index in [1.165, 1.54) is 12.1 Å². The number of nitrogens with one attached hydrogen (secondary N) is 1. The molecule has 1 aromatic carbocycles. The zero-order valence-corrected chi connectivity index (χ0v) is 8.24. The Labute approximate surface area is 86.5 Å². The molecule has 2 aromatic rings. The molecule has 0 saturated heterocycles. The summed E-state index contributed by atoms with van der Waals surface area (Å²) in [5.74, 6) is 0.234. The molecule has 15 heavy (non-hydrogen) atoms. The van der Waals surface area contributed by atoms with Gasteiger partial charge in [0.05, 0.1) is 5.69 Å². The van der Waals surface area contributed by atoms with E-state index >= 15 is 0 Å². The van der Waals surface area contributed by atoms with Crippen LogP contribution in [-0.2, 0) is 7.05 Å². The van der Waals surface area contributed by atoms with Crippen LogP contribution in [0.15, 0.2) is 30.5 Å². The summed E-state index contributed by atoms with van der Waals surface area (Å²) >= 11 is 0. The minimum atomic E-state index is -0.297. The molecule has 0 aliphatic heterocycles. The van der Waals surface area contributed by atoms with E-state index in [0.29, 0.717) is 17.2 Å². The zero-order valence-electron chi connectivity index (χ0n) is 8.24. The van der Waals surface area contributed by atoms with Crippen molar-refractivity contribution in [1.29, 1.82) is 0 Å². The van der Waals surface area contributed by atoms with Gasteiger partial charge >= 0.3 is 0 Å². The molecular weight excluding hydrogens is 195 g/mol. The lowest BCUT2D eigenvalue weighted by Gasteiger charge is -2.03. The smallest absolute Gasteiger partial charge is 0.175 e. The molecule has 78 valence electrons. The first-order chi connectivity index (χ1) is 7.15. The van der Waals surface area contributed by atoms with E-state index in [2.05, 4.69) is 10.4 Å². The summed E-state index contributed by atoms with van der Waals surface area (Å²) < 4.78 is 14.5. The topological polar surface area (TPSA) is 55.9 Å². The summed E-state index contributed by atoms with van der Waals surface area (Å²) in [6.07, 6.45) is 1.68. The summed E-state index contributed by atoms with van der Waals surface area (Å²) in [6, 6.07) is 6.13. The molecule has 5 heteroatoms. The normalized spacial score (nSPS) is 10.3. The number of rotatable bonds is 2. The lowest BCUT2D eigenvalue weighted by atomic mass is 10.3. The molecule has 0 aliphatic carbocycles. The van der Waals surface area contributed by atoms with Crippen molar-refractivity contribution < 1.29 is 4.39 Å². The summed E-state index contributed by atoms with van der Waals surface area (Å²) in [5.41, 5.74) is 6.84. The molecule has 2 rings (SSSR count). The molecule has 0 spiro atoms. The van der Waals surface area contributed by atoms with Crippen molar-refractivity contribution in [3.63, 3.8) is 0 Å². The van der Waals surface area contributed by atoms with Crippen LogP contribution in [0.25, 0.3) is 0 Å². The first-order valence-corrected chi connectivity index (χ1v) is 4.47. The van der Waals surface area contributed by atoms with Crippen LogP contribution >= 0.6 is 0 Å². The van der Waals surface area contributed by atoms with E-state index in [1.54, 1.807) is 30.1 Å². The van der Waals surface area contributed by atoms with Crippen LogP contribution in [0.3, 0.4) is 0 Å². The van der Waals surface area contributed by atoms with Crippen molar-refractivity contribution in [3.8, 4) is 0 Å². The van der Waals surface area contributed by atoms with Gasteiger partial charge in [-0.25, -0.2) is 4.39 Å². The van der Waals surface area contributed by atoms with Crippen LogP contribution in [-0.4, -0.2) is 9.78 Å². The fraction of sp³-hybridized carbons (Fsp3) is 0.100. The summed E-state index contributed by atoms with van der Waals surface area (Å²) in [7, 11) is 1.77. The third-order valence-electron chi connectivity index (χ3n) is 1.94. The molecule has 0 aliphatic rings. The first kappa shape index (κ1) is 9.51. The van der Waals surface area contributed by atoms with Crippen molar-refractivity contribution in [1.82, 2.24) is 9.78 Å². The molecular formula is C10H11FN4. The van der Waals surface area contributed by atoms with Gasteiger partial charge in [-0.05, 0) is 18.2 Å². The number of benzene rings is 1. The molecule has 0 amide bonds. The van der Waals surface area contributed by atoms with E-state index in [-0.39, 0.29) is 5.82 Å². The SMILES string of the molecule is Cn1cc(N)c(Nc2cccc(F)c2)n1. The predicted molar refractivity (Wildman–Crippen MR) is 57.3 cm³/mol. The van der Waals surface area contributed by atoms with Crippen LogP contribution < -0.4 is 11.1 Å². The minimum Gasteiger partial charge on any atom is -0.394 e. The average Bonchev–Trinajstić information content (AvgIpc) is 2.45. The summed E-state index contributed by atoms with van der Waals surface area (Å²) in [4.78, 5) is 0. The fourth-order valence-corrected chi connectivity index (χ4v) is 1.31. The highest BCUT2D eigenvalue weighted by molar-refractivity contribution is 5.67. The zero-order chi connectivity index (χ0) is 10.8. The maximum atomic E-state index is 12.9. The molecule has 0 radical (unpaired) electrons. The van der Waals surface area contributed by atoms with E-state index < -0.39 is 0 Å². The van der Waals surface area contributed by atoms with Crippen molar-refractivity contribution in [2.75, 3.05) is 11.1 Å². The standard InChI is InChI=1S/C10H11FN4/c1-15-6-9(12)10(14-15)13-8-4-2-3-7(11)5-8/h2-6H,12H2,1H3,(H,13,14). The molecule has 1 heterocycles. The van der Waals surface area contributed by atoms with Crippen molar-refractivity contribution in [3.05, 3.63) is 36.3 Å². The van der Waals surface area contributed by atoms with Gasteiger partial charge in [0, 0.05) is 18.9 Å². The molecule has 0 unspecified atom stereocenters. The lowest BCUT2D eigenvalue weighted by molar-refractivity contribution is 0.628. The van der Waals surface area contributed by atoms with Crippen molar-refractivity contribution in [2.24, 2.45) is 7.05 Å². The Balaban J connectivity index is 2.25. The number of aromatic nitrogens is 2. The summed E-state index contributed by atoms with van der Waals surface area (Å²) in [5, 5.41) is 7.03. The predicted octanol–water partition coefficient (Wildman–Crippen LogP) is 1.88. The number of aryl methyl sites for hydroxylation is 1. The quantitative estimate of drug-likeness (QED) is 0.788. The van der Waals surface area contributed by atoms with Crippen LogP contribution in [0.1, 0.15) is 0 Å². The molecule has 0 fully saturated rings. The number of nitrogens with two attached hydrogens (primary N) is 1. The van der Waals surface area contributed by atoms with Gasteiger partial charge in [-0.3, -0.25) is 4.68 Å². The Hall–Kier alpha value is -2.04. The van der Waals surface area contributed by atoms with Gasteiger partial charge in [-0.15, -0.1) is 0 Å². The van der Waals surface area contributed by atoms with Crippen LogP contribution in [0, 0.1) is 5.82 Å². The second kappa shape index (κ2) is 3.61. The molecule has 0 atom stereocenters. The molecule has 0 saturated carbocycles. The second-order valence-corrected chi connectivity index (χ2v) is 3.24. The van der Waals surface area contributed by atoms with E-state index in [9.17, 15) is 4.39 Å². The first-order valence-electron chi connectivity index (χ1n) is 4.47. The number of nitrogen functional groups attached to an aromatic ring is 1. The number of hydrogen-bond acceptors (Lipinski definition) is 3. The average molecular weight is 206 g/mol. The Morgan fingerprint density at radius 3 is 2.87 bits per heavy atom. The third-order valence-corrected chi connectivity index (χ3v) is 1.94. The monoisotopic (exact) mass is 206 g/mol. The van der Waals surface area contributed by atoms with Gasteiger partial charge < -0.3 is 11.1 Å². The van der Waals surface area contributed by atoms with Gasteiger partial charge in [0.25, 0.3) is 0 Å². The Morgan fingerprint density at radius 2 is 2.27 bits per heavy atom. The molecule has 4 nitrogen and oxygen atoms in total. The van der Waals surface area contributed by atoms with Crippen LogP contribution in [0.5, 0.6) is 0 Å². The van der Waals surface area contributed by atoms with Crippen LogP contribution in [0.4, 0.5) is 21.6 Å². The van der Waals surface area contributed by atoms with Crippen LogP contribution in [0.2, 0.25) is 0 Å². The highest BCUT2D eigenvalue weighted by atomic mass is 19.1. The number of hydrogen-bond donors (Lipinski definition) is 2. The maximum absolute atomic E-state index is 12.9. The Kier molecular flexibility index (Phi) is 2.29. The largest absolute Gasteiger partial charge is 0.394 e. The minimum absolute atomic E-state index is 0.297. The lowest BCUT2D eigenvalue weighted by Crippen LogP contribution is -1.96. The highest BCUT2D eigenvalue weighted by Crippen LogP contribution is 2.20. The van der Waals surface area contributed by atoms with Gasteiger partial charge in [-0.2, -0.15) is 5.10 Å². The number of nitrogens with zero attached hydrogens (tertiary/aromatic N) is 2. The second-order valence-electron chi connectivity index (χ2n) is 3.24. The Morgan fingerprint density at radius 1 is 1.47 bits per heavy atom. The van der Waals surface area contributed by atoms with Gasteiger partial charge in [0.2, 0.25) is 0 Å². The maximum Gasteiger partial charge on any atom is 0.175 e. The van der Waals surface area contributed by atoms with Crippen molar-refractivity contribution in [2.45, 2.75) is 0 Å². The highest BCUT2D eigenvalue weighted by Gasteiger charge is 2.04. The Bertz CT molecular complexity index is 478. The van der Waals surface area contributed by atoms with Gasteiger partial charge in [0.1, 0.15) is 5.82 Å². The van der Waals surface area contributed by atoms with E-state index in [1.807, 2.05) is 0 Å². The van der Waals surface area contributed by atoms with E-state index in [4.69, 9.17) is 5.73 Å². The van der Waals surface area contributed by atoms with Gasteiger partial charge in [0.15, 0.2) is 5.82 Å². The number of anilines is 3. The summed E-state index contributed by atoms with van der Waals surface area (Å²) in [6.45, 7) is 0. The number of halogens is 1. The van der Waals surface area contributed by atoms with Crippen molar-refractivity contribution >= 4 is 17.2 Å². The molecule has 1 aromatic heterocycles. The fourth-order valence-electron chi connectivity index (χ4n) is 1.31. The van der Waals surface area contributed by atoms with E-state index in [0.717, 1.165) is 0 Å². The third kappa shape index (κ3) is 2.07. The molecule has 3 N–H and O–H groups in total. The van der Waals surface area contributed by atoms with Gasteiger partial charge in [-0.1, -0.05) is 6.07 Å². The molecule has 0 bridgehead atoms.